The molecule has 0 aromatic rings. The molecule has 0 rings (SSSR count). The van der Waals surface area contributed by atoms with Crippen LogP contribution in [0.15, 0.2) is 0 Å². The summed E-state index contributed by atoms with van der Waals surface area (Å²) in [5, 5.41) is 5.58. The predicted molar refractivity (Wildman–Crippen MR) is 111 cm³/mol. The Hall–Kier alpha value is -1.36. The molecule has 0 aromatic heterocycles. The van der Waals surface area contributed by atoms with E-state index in [9.17, 15) is 14.4 Å². The molecular formula is C18H36N4O5S. The van der Waals surface area contributed by atoms with Crippen LogP contribution in [0.2, 0.25) is 0 Å². The summed E-state index contributed by atoms with van der Waals surface area (Å²) in [6.45, 7) is 9.39. The molecule has 0 fully saturated rings. The van der Waals surface area contributed by atoms with Gasteiger partial charge in [-0.1, -0.05) is 0 Å². The van der Waals surface area contributed by atoms with E-state index >= 15 is 0 Å². The van der Waals surface area contributed by atoms with Gasteiger partial charge in [0.2, 0.25) is 17.7 Å². The molecule has 0 radical (unpaired) electrons. The van der Waals surface area contributed by atoms with Gasteiger partial charge < -0.3 is 31.6 Å². The summed E-state index contributed by atoms with van der Waals surface area (Å²) in [4.78, 5) is 35.0. The highest BCUT2D eigenvalue weighted by atomic mass is 32.1. The van der Waals surface area contributed by atoms with Crippen LogP contribution < -0.4 is 22.1 Å². The minimum absolute atomic E-state index is 0.0610. The summed E-state index contributed by atoms with van der Waals surface area (Å²) in [6, 6.07) is -0.437. The second-order valence-corrected chi connectivity index (χ2v) is 8.70. The Balaban J connectivity index is 4.67. The third-order valence-electron chi connectivity index (χ3n) is 4.09. The molecule has 6 N–H and O–H groups in total. The molecule has 0 spiro atoms. The highest BCUT2D eigenvalue weighted by molar-refractivity contribution is 7.82. The van der Waals surface area contributed by atoms with Crippen molar-refractivity contribution in [1.82, 2.24) is 10.6 Å². The molecule has 28 heavy (non-hydrogen) atoms. The average molecular weight is 421 g/mol. The fourth-order valence-electron chi connectivity index (χ4n) is 1.93. The van der Waals surface area contributed by atoms with Gasteiger partial charge in [0.05, 0.1) is 32.5 Å². The van der Waals surface area contributed by atoms with Crippen molar-refractivity contribution in [2.24, 2.45) is 11.5 Å². The fraction of sp³-hybridized carbons (Fsp3) is 0.833. The maximum atomic E-state index is 12.6. The third-order valence-corrected chi connectivity index (χ3v) is 4.87. The zero-order valence-electron chi connectivity index (χ0n) is 17.5. The van der Waals surface area contributed by atoms with Gasteiger partial charge in [-0.15, -0.1) is 0 Å². The van der Waals surface area contributed by atoms with Gasteiger partial charge in [0.15, 0.2) is 0 Å². The molecule has 0 aliphatic rings. The van der Waals surface area contributed by atoms with E-state index in [1.54, 1.807) is 20.8 Å². The summed E-state index contributed by atoms with van der Waals surface area (Å²) in [5.74, 6) is -0.949. The number of rotatable bonds is 14. The van der Waals surface area contributed by atoms with Crippen molar-refractivity contribution in [3.05, 3.63) is 0 Å². The summed E-state index contributed by atoms with van der Waals surface area (Å²) in [5.41, 5.74) is 10.3. The number of ether oxygens (including phenoxy) is 2. The van der Waals surface area contributed by atoms with Crippen LogP contribution in [0, 0.1) is 0 Å². The van der Waals surface area contributed by atoms with Crippen LogP contribution in [0.4, 0.5) is 0 Å². The molecule has 9 nitrogen and oxygen atoms in total. The van der Waals surface area contributed by atoms with Gasteiger partial charge >= 0.3 is 0 Å². The Kier molecular flexibility index (Phi) is 11.7. The zero-order valence-corrected chi connectivity index (χ0v) is 18.4. The first-order chi connectivity index (χ1) is 12.8. The second-order valence-electron chi connectivity index (χ2n) is 7.80. The van der Waals surface area contributed by atoms with Gasteiger partial charge in [0.1, 0.15) is 4.75 Å². The van der Waals surface area contributed by atoms with Gasteiger partial charge in [-0.3, -0.25) is 14.4 Å². The summed E-state index contributed by atoms with van der Waals surface area (Å²) in [7, 11) is 0. The lowest BCUT2D eigenvalue weighted by Crippen LogP contribution is -2.61. The minimum atomic E-state index is -1.13. The monoisotopic (exact) mass is 420 g/mol. The van der Waals surface area contributed by atoms with E-state index < -0.39 is 22.2 Å². The first-order valence-electron chi connectivity index (χ1n) is 9.32. The predicted octanol–water partition coefficient (Wildman–Crippen LogP) is -0.280. The SMILES string of the molecule is CC(C)NC(=O)CCOCC(COCCC(N)=O)NC(=O)C(C)(S)C(C)(C)N. The van der Waals surface area contributed by atoms with Gasteiger partial charge in [0, 0.05) is 24.4 Å². The number of primary amides is 1. The lowest BCUT2D eigenvalue weighted by molar-refractivity contribution is -0.127. The first kappa shape index (κ1) is 26.6. The van der Waals surface area contributed by atoms with Crippen molar-refractivity contribution in [2.75, 3.05) is 26.4 Å². The first-order valence-corrected chi connectivity index (χ1v) is 9.77. The van der Waals surface area contributed by atoms with E-state index in [4.69, 9.17) is 20.9 Å². The number of thiol groups is 1. The standard InChI is InChI=1S/C18H36N4O5S/c1-12(2)21-15(24)7-9-27-11-13(10-26-8-6-14(19)23)22-16(25)18(5,28)17(3,4)20/h12-13,28H,6-11,20H2,1-5H3,(H2,19,23)(H,21,24)(H,22,25). The molecule has 0 saturated heterocycles. The van der Waals surface area contributed by atoms with Crippen LogP contribution in [0.3, 0.4) is 0 Å². The molecule has 2 atom stereocenters. The van der Waals surface area contributed by atoms with Crippen molar-refractivity contribution in [3.8, 4) is 0 Å². The lowest BCUT2D eigenvalue weighted by atomic mass is 9.88. The number of hydrogen-bond acceptors (Lipinski definition) is 7. The van der Waals surface area contributed by atoms with Gasteiger partial charge in [-0.25, -0.2) is 0 Å². The van der Waals surface area contributed by atoms with Gasteiger partial charge in [0.25, 0.3) is 0 Å². The number of nitrogens with one attached hydrogen (secondary N) is 2. The van der Waals surface area contributed by atoms with Crippen molar-refractivity contribution >= 4 is 30.4 Å². The van der Waals surface area contributed by atoms with E-state index in [1.165, 1.54) is 0 Å². The molecular weight excluding hydrogens is 384 g/mol. The Morgan fingerprint density at radius 1 is 1.00 bits per heavy atom. The minimum Gasteiger partial charge on any atom is -0.379 e. The van der Waals surface area contributed by atoms with E-state index in [0.717, 1.165) is 0 Å². The van der Waals surface area contributed by atoms with Gasteiger partial charge in [-0.2, -0.15) is 12.6 Å². The highest BCUT2D eigenvalue weighted by Gasteiger charge is 2.42. The molecule has 10 heteroatoms. The van der Waals surface area contributed by atoms with Crippen LogP contribution in [-0.2, 0) is 23.9 Å². The van der Waals surface area contributed by atoms with E-state index in [1.807, 2.05) is 13.8 Å². The van der Waals surface area contributed by atoms with Crippen LogP contribution in [0.25, 0.3) is 0 Å². The highest BCUT2D eigenvalue weighted by Crippen LogP contribution is 2.26. The Morgan fingerprint density at radius 2 is 1.50 bits per heavy atom. The van der Waals surface area contributed by atoms with E-state index in [-0.39, 0.29) is 57.1 Å². The Labute approximate surface area is 173 Å². The molecule has 0 aliphatic carbocycles. The zero-order chi connectivity index (χ0) is 22.0. The molecule has 0 saturated carbocycles. The Morgan fingerprint density at radius 3 is 1.93 bits per heavy atom. The van der Waals surface area contributed by atoms with Crippen molar-refractivity contribution < 1.29 is 23.9 Å². The van der Waals surface area contributed by atoms with Gasteiger partial charge in [-0.05, 0) is 34.6 Å². The van der Waals surface area contributed by atoms with E-state index in [0.29, 0.717) is 0 Å². The quantitative estimate of drug-likeness (QED) is 0.193. The van der Waals surface area contributed by atoms with Crippen LogP contribution >= 0.6 is 12.6 Å². The van der Waals surface area contributed by atoms with Crippen molar-refractivity contribution in [1.29, 1.82) is 0 Å². The topological polar surface area (TPSA) is 146 Å². The number of hydrogen-bond donors (Lipinski definition) is 5. The normalized spacial score (nSPS) is 15.0. The average Bonchev–Trinajstić information content (AvgIpc) is 2.52. The van der Waals surface area contributed by atoms with Crippen LogP contribution in [0.1, 0.15) is 47.5 Å². The summed E-state index contributed by atoms with van der Waals surface area (Å²) >= 11 is 4.41. The molecule has 0 aromatic carbocycles. The van der Waals surface area contributed by atoms with Crippen molar-refractivity contribution in [2.45, 2.75) is 69.8 Å². The molecule has 164 valence electrons. The van der Waals surface area contributed by atoms with Crippen LogP contribution in [-0.4, -0.2) is 66.5 Å². The fourth-order valence-corrected chi connectivity index (χ4v) is 2.00. The molecule has 2 unspecified atom stereocenters. The second kappa shape index (κ2) is 12.3. The molecule has 0 heterocycles. The van der Waals surface area contributed by atoms with Crippen LogP contribution in [0.5, 0.6) is 0 Å². The van der Waals surface area contributed by atoms with Crippen molar-refractivity contribution in [3.63, 3.8) is 0 Å². The molecule has 3 amide bonds. The maximum Gasteiger partial charge on any atom is 0.237 e. The number of amides is 3. The summed E-state index contributed by atoms with van der Waals surface area (Å²) < 4.78 is 9.80. The third kappa shape index (κ3) is 10.8. The number of nitrogens with two attached hydrogens (primary N) is 2. The maximum absolute atomic E-state index is 12.6. The molecule has 0 bridgehead atoms. The largest absolute Gasteiger partial charge is 0.379 e. The molecule has 0 aliphatic heterocycles. The number of carbonyl (C=O) groups is 3. The lowest BCUT2D eigenvalue weighted by Gasteiger charge is -2.37. The smallest absolute Gasteiger partial charge is 0.237 e. The van der Waals surface area contributed by atoms with E-state index in [2.05, 4.69) is 23.3 Å². The number of carbonyl (C=O) groups excluding carboxylic acids is 3. The summed E-state index contributed by atoms with van der Waals surface area (Å²) in [6.07, 6.45) is 0.290. The Bertz CT molecular complexity index is 521.